The summed E-state index contributed by atoms with van der Waals surface area (Å²) in [5.74, 6) is -0.567. The number of aliphatic carboxylic acids is 1. The zero-order chi connectivity index (χ0) is 12.2. The van der Waals surface area contributed by atoms with Gasteiger partial charge in [0, 0.05) is 13.0 Å². The molecular formula is C9H18N2O4S. The number of rotatable bonds is 5. The number of carbonyl (C=O) groups is 1. The lowest BCUT2D eigenvalue weighted by molar-refractivity contribution is -0.138. The molecule has 0 spiro atoms. The van der Waals surface area contributed by atoms with Crippen molar-refractivity contribution < 1.29 is 18.3 Å². The number of nitrogens with zero attached hydrogens (tertiary/aromatic N) is 1. The van der Waals surface area contributed by atoms with E-state index in [1.54, 1.807) is 0 Å². The lowest BCUT2D eigenvalue weighted by Gasteiger charge is -2.30. The van der Waals surface area contributed by atoms with Crippen molar-refractivity contribution in [3.63, 3.8) is 0 Å². The summed E-state index contributed by atoms with van der Waals surface area (Å²) in [6.45, 7) is 1.96. The first-order chi connectivity index (χ1) is 7.37. The van der Waals surface area contributed by atoms with E-state index in [9.17, 15) is 13.2 Å². The quantitative estimate of drug-likeness (QED) is 0.682. The van der Waals surface area contributed by atoms with Gasteiger partial charge in [0.25, 0.3) is 0 Å². The molecule has 0 radical (unpaired) electrons. The molecule has 0 aromatic carbocycles. The van der Waals surface area contributed by atoms with Crippen molar-refractivity contribution in [1.29, 1.82) is 0 Å². The summed E-state index contributed by atoms with van der Waals surface area (Å²) in [6.07, 6.45) is 1.84. The van der Waals surface area contributed by atoms with E-state index in [1.807, 2.05) is 4.90 Å². The number of hydrogen-bond acceptors (Lipinski definition) is 4. The maximum absolute atomic E-state index is 10.8. The van der Waals surface area contributed by atoms with Crippen LogP contribution in [-0.2, 0) is 14.8 Å². The fraction of sp³-hybridized carbons (Fsp3) is 0.889. The SMILES string of the molecule is NS(=O)(=O)CCN1CCC(CC(=O)O)CC1. The summed E-state index contributed by atoms with van der Waals surface area (Å²) in [7, 11) is -3.39. The Morgan fingerprint density at radius 3 is 2.38 bits per heavy atom. The van der Waals surface area contributed by atoms with Gasteiger partial charge < -0.3 is 10.0 Å². The molecule has 94 valence electrons. The summed E-state index contributed by atoms with van der Waals surface area (Å²) in [5, 5.41) is 13.5. The van der Waals surface area contributed by atoms with Gasteiger partial charge in [0.05, 0.1) is 5.75 Å². The molecule has 0 aromatic rings. The third kappa shape index (κ3) is 5.43. The van der Waals surface area contributed by atoms with Crippen LogP contribution in [0.1, 0.15) is 19.3 Å². The van der Waals surface area contributed by atoms with E-state index in [0.717, 1.165) is 25.9 Å². The van der Waals surface area contributed by atoms with Crippen LogP contribution in [0.5, 0.6) is 0 Å². The van der Waals surface area contributed by atoms with E-state index in [1.165, 1.54) is 0 Å². The van der Waals surface area contributed by atoms with Crippen molar-refractivity contribution in [1.82, 2.24) is 4.90 Å². The number of sulfonamides is 1. The molecule has 1 aliphatic rings. The molecule has 1 aliphatic heterocycles. The molecule has 1 heterocycles. The number of piperidine rings is 1. The van der Waals surface area contributed by atoms with Crippen molar-refractivity contribution >= 4 is 16.0 Å². The van der Waals surface area contributed by atoms with Crippen molar-refractivity contribution in [2.45, 2.75) is 19.3 Å². The zero-order valence-electron chi connectivity index (χ0n) is 9.13. The molecule has 0 saturated carbocycles. The van der Waals surface area contributed by atoms with Gasteiger partial charge in [-0.25, -0.2) is 13.6 Å². The first-order valence-electron chi connectivity index (χ1n) is 5.31. The van der Waals surface area contributed by atoms with Crippen molar-refractivity contribution in [2.75, 3.05) is 25.4 Å². The second-order valence-corrected chi connectivity index (χ2v) is 5.98. The fourth-order valence-corrected chi connectivity index (χ4v) is 2.43. The summed E-state index contributed by atoms with van der Waals surface area (Å²) in [6, 6.07) is 0. The van der Waals surface area contributed by atoms with Gasteiger partial charge in [0.15, 0.2) is 0 Å². The van der Waals surface area contributed by atoms with Crippen LogP contribution in [0.4, 0.5) is 0 Å². The molecule has 0 aliphatic carbocycles. The molecule has 0 atom stereocenters. The van der Waals surface area contributed by atoms with Gasteiger partial charge in [-0.05, 0) is 31.8 Å². The maximum atomic E-state index is 10.8. The van der Waals surface area contributed by atoms with Crippen molar-refractivity contribution in [3.8, 4) is 0 Å². The minimum Gasteiger partial charge on any atom is -0.481 e. The van der Waals surface area contributed by atoms with Gasteiger partial charge in [-0.3, -0.25) is 4.79 Å². The lowest BCUT2D eigenvalue weighted by atomic mass is 9.94. The van der Waals surface area contributed by atoms with Gasteiger partial charge in [0.1, 0.15) is 0 Å². The molecule has 16 heavy (non-hydrogen) atoms. The monoisotopic (exact) mass is 250 g/mol. The summed E-state index contributed by atoms with van der Waals surface area (Å²) in [4.78, 5) is 12.5. The molecule has 0 aromatic heterocycles. The fourth-order valence-electron chi connectivity index (χ4n) is 1.92. The standard InChI is InChI=1S/C9H18N2O4S/c10-16(14,15)6-5-11-3-1-8(2-4-11)7-9(12)13/h8H,1-7H2,(H,12,13)(H2,10,14,15). The van der Waals surface area contributed by atoms with Crippen LogP contribution in [0, 0.1) is 5.92 Å². The molecule has 3 N–H and O–H groups in total. The Labute approximate surface area is 95.5 Å². The van der Waals surface area contributed by atoms with Crippen LogP contribution in [0.2, 0.25) is 0 Å². The predicted octanol–water partition coefficient (Wildman–Crippen LogP) is -0.538. The van der Waals surface area contributed by atoms with E-state index in [2.05, 4.69) is 0 Å². The van der Waals surface area contributed by atoms with Gasteiger partial charge >= 0.3 is 5.97 Å². The average molecular weight is 250 g/mol. The second-order valence-electron chi connectivity index (χ2n) is 4.25. The topological polar surface area (TPSA) is 101 Å². The minimum absolute atomic E-state index is 0.0312. The van der Waals surface area contributed by atoms with Gasteiger partial charge in [-0.2, -0.15) is 0 Å². The Morgan fingerprint density at radius 2 is 1.94 bits per heavy atom. The largest absolute Gasteiger partial charge is 0.481 e. The summed E-state index contributed by atoms with van der Waals surface area (Å²) >= 11 is 0. The van der Waals surface area contributed by atoms with Crippen molar-refractivity contribution in [2.24, 2.45) is 11.1 Å². The van der Waals surface area contributed by atoms with Gasteiger partial charge in [-0.1, -0.05) is 0 Å². The molecule has 1 fully saturated rings. The molecule has 7 heteroatoms. The highest BCUT2D eigenvalue weighted by atomic mass is 32.2. The highest BCUT2D eigenvalue weighted by Crippen LogP contribution is 2.20. The Balaban J connectivity index is 2.24. The lowest BCUT2D eigenvalue weighted by Crippen LogP contribution is -2.38. The number of carboxylic acid groups (broad SMARTS) is 1. The minimum atomic E-state index is -3.39. The van der Waals surface area contributed by atoms with Crippen molar-refractivity contribution in [3.05, 3.63) is 0 Å². The van der Waals surface area contributed by atoms with E-state index in [-0.39, 0.29) is 18.1 Å². The molecule has 0 amide bonds. The second kappa shape index (κ2) is 5.60. The summed E-state index contributed by atoms with van der Waals surface area (Å²) in [5.41, 5.74) is 0. The third-order valence-electron chi connectivity index (χ3n) is 2.86. The first kappa shape index (κ1) is 13.4. The zero-order valence-corrected chi connectivity index (χ0v) is 9.95. The molecule has 1 rings (SSSR count). The maximum Gasteiger partial charge on any atom is 0.303 e. The van der Waals surface area contributed by atoms with Crippen LogP contribution in [-0.4, -0.2) is 49.8 Å². The molecule has 0 unspecified atom stereocenters. The summed E-state index contributed by atoms with van der Waals surface area (Å²) < 4.78 is 21.5. The first-order valence-corrected chi connectivity index (χ1v) is 7.03. The predicted molar refractivity (Wildman–Crippen MR) is 59.4 cm³/mol. The Kier molecular flexibility index (Phi) is 4.69. The van der Waals surface area contributed by atoms with Crippen LogP contribution in [0.25, 0.3) is 0 Å². The average Bonchev–Trinajstić information content (AvgIpc) is 2.14. The van der Waals surface area contributed by atoms with Crippen LogP contribution in [0.15, 0.2) is 0 Å². The van der Waals surface area contributed by atoms with E-state index in [0.29, 0.717) is 6.54 Å². The Bertz CT molecular complexity index is 333. The highest BCUT2D eigenvalue weighted by molar-refractivity contribution is 7.89. The van der Waals surface area contributed by atoms with Crippen LogP contribution in [0.3, 0.4) is 0 Å². The normalized spacial score (nSPS) is 19.8. The molecule has 1 saturated heterocycles. The third-order valence-corrected chi connectivity index (χ3v) is 3.61. The number of primary sulfonamides is 1. The highest BCUT2D eigenvalue weighted by Gasteiger charge is 2.21. The van der Waals surface area contributed by atoms with E-state index < -0.39 is 16.0 Å². The Hall–Kier alpha value is -0.660. The molecular weight excluding hydrogens is 232 g/mol. The van der Waals surface area contributed by atoms with E-state index >= 15 is 0 Å². The van der Waals surface area contributed by atoms with Crippen LogP contribution < -0.4 is 5.14 Å². The van der Waals surface area contributed by atoms with Crippen LogP contribution >= 0.6 is 0 Å². The Morgan fingerprint density at radius 1 is 1.38 bits per heavy atom. The number of likely N-dealkylation sites (tertiary alicyclic amines) is 1. The molecule has 6 nitrogen and oxygen atoms in total. The number of hydrogen-bond donors (Lipinski definition) is 2. The number of nitrogens with two attached hydrogens (primary N) is 1. The van der Waals surface area contributed by atoms with Gasteiger partial charge in [-0.15, -0.1) is 0 Å². The smallest absolute Gasteiger partial charge is 0.303 e. The van der Waals surface area contributed by atoms with Gasteiger partial charge in [0.2, 0.25) is 10.0 Å². The molecule has 0 bridgehead atoms. The van der Waals surface area contributed by atoms with E-state index in [4.69, 9.17) is 10.2 Å². The number of carboxylic acids is 1.